The number of aromatic nitrogens is 3. The molecule has 0 saturated carbocycles. The van der Waals surface area contributed by atoms with Crippen LogP contribution in [0.15, 0.2) is 67.0 Å². The van der Waals surface area contributed by atoms with Gasteiger partial charge in [0.15, 0.2) is 0 Å². The molecule has 150 valence electrons. The summed E-state index contributed by atoms with van der Waals surface area (Å²) in [5.74, 6) is -0.670. The van der Waals surface area contributed by atoms with Gasteiger partial charge in [-0.2, -0.15) is 0 Å². The van der Waals surface area contributed by atoms with Gasteiger partial charge in [0.1, 0.15) is 11.5 Å². The second kappa shape index (κ2) is 8.29. The summed E-state index contributed by atoms with van der Waals surface area (Å²) in [7, 11) is 0. The first-order valence-corrected chi connectivity index (χ1v) is 9.72. The fraction of sp³-hybridized carbons (Fsp3) is 0.125. The van der Waals surface area contributed by atoms with E-state index in [1.165, 1.54) is 6.08 Å². The molecule has 0 atom stereocenters. The van der Waals surface area contributed by atoms with E-state index >= 15 is 0 Å². The van der Waals surface area contributed by atoms with Crippen molar-refractivity contribution in [1.29, 1.82) is 0 Å². The molecule has 0 fully saturated rings. The van der Waals surface area contributed by atoms with Crippen LogP contribution in [0, 0.1) is 6.92 Å². The van der Waals surface area contributed by atoms with E-state index in [9.17, 15) is 9.18 Å². The Morgan fingerprint density at radius 3 is 2.57 bits per heavy atom. The lowest BCUT2D eigenvalue weighted by molar-refractivity contribution is 0.102. The number of anilines is 1. The summed E-state index contributed by atoms with van der Waals surface area (Å²) in [6, 6.07) is 15.4. The van der Waals surface area contributed by atoms with Crippen molar-refractivity contribution in [2.75, 3.05) is 5.32 Å². The zero-order chi connectivity index (χ0) is 21.1. The summed E-state index contributed by atoms with van der Waals surface area (Å²) in [5.41, 5.74) is 4.98. The highest BCUT2D eigenvalue weighted by molar-refractivity contribution is 6.04. The van der Waals surface area contributed by atoms with Gasteiger partial charge < -0.3 is 9.72 Å². The Bertz CT molecular complexity index is 1230. The first-order valence-electron chi connectivity index (χ1n) is 9.72. The number of amides is 1. The van der Waals surface area contributed by atoms with Crippen molar-refractivity contribution >= 4 is 29.1 Å². The molecular weight excluding hydrogens is 379 g/mol. The second-order valence-electron chi connectivity index (χ2n) is 6.92. The van der Waals surface area contributed by atoms with E-state index in [1.807, 2.05) is 29.7 Å². The van der Waals surface area contributed by atoms with Gasteiger partial charge in [-0.1, -0.05) is 25.1 Å². The lowest BCUT2D eigenvalue weighted by Crippen LogP contribution is -2.12. The van der Waals surface area contributed by atoms with Gasteiger partial charge in [0, 0.05) is 35.3 Å². The average molecular weight is 400 g/mol. The van der Waals surface area contributed by atoms with Gasteiger partial charge in [0.2, 0.25) is 0 Å². The van der Waals surface area contributed by atoms with Crippen molar-refractivity contribution < 1.29 is 9.18 Å². The molecule has 0 radical (unpaired) electrons. The van der Waals surface area contributed by atoms with E-state index in [0.717, 1.165) is 23.5 Å². The molecule has 0 unspecified atom stereocenters. The number of aryl methyl sites for hydroxylation is 2. The molecule has 1 amide bonds. The first-order chi connectivity index (χ1) is 14.5. The summed E-state index contributed by atoms with van der Waals surface area (Å²) in [6.07, 6.45) is 5.69. The predicted molar refractivity (Wildman–Crippen MR) is 117 cm³/mol. The largest absolute Gasteiger partial charge is 0.321 e. The molecule has 0 saturated heterocycles. The number of fused-ring (bicyclic) bond motifs is 1. The zero-order valence-corrected chi connectivity index (χ0v) is 16.8. The van der Waals surface area contributed by atoms with Crippen LogP contribution in [0.2, 0.25) is 0 Å². The number of imidazole rings is 1. The summed E-state index contributed by atoms with van der Waals surface area (Å²) >= 11 is 0. The summed E-state index contributed by atoms with van der Waals surface area (Å²) < 4.78 is 16.4. The molecule has 1 N–H and O–H groups in total. The van der Waals surface area contributed by atoms with Crippen molar-refractivity contribution in [2.45, 2.75) is 20.3 Å². The van der Waals surface area contributed by atoms with Gasteiger partial charge in [-0.15, -0.1) is 0 Å². The third-order valence-corrected chi connectivity index (χ3v) is 4.93. The minimum absolute atomic E-state index is 0.261. The monoisotopic (exact) mass is 400 g/mol. The van der Waals surface area contributed by atoms with E-state index in [1.54, 1.807) is 48.7 Å². The minimum atomic E-state index is -0.409. The Morgan fingerprint density at radius 2 is 1.87 bits per heavy atom. The van der Waals surface area contributed by atoms with Crippen LogP contribution in [0.4, 0.5) is 10.1 Å². The number of carbonyl (C=O) groups excluding carboxylic acids is 1. The van der Waals surface area contributed by atoms with Crippen LogP contribution >= 0.6 is 0 Å². The molecule has 3 heterocycles. The molecule has 0 aliphatic rings. The zero-order valence-electron chi connectivity index (χ0n) is 16.8. The van der Waals surface area contributed by atoms with Crippen LogP contribution in [0.3, 0.4) is 0 Å². The third kappa shape index (κ3) is 3.98. The van der Waals surface area contributed by atoms with E-state index in [-0.39, 0.29) is 5.91 Å². The number of rotatable bonds is 5. The maximum Gasteiger partial charge on any atom is 0.255 e. The molecule has 3 aromatic heterocycles. The molecule has 0 aliphatic heterocycles. The maximum absolute atomic E-state index is 14.4. The van der Waals surface area contributed by atoms with Crippen molar-refractivity contribution in [3.63, 3.8) is 0 Å². The molecular formula is C24H21FN4O. The summed E-state index contributed by atoms with van der Waals surface area (Å²) in [4.78, 5) is 21.3. The Labute approximate surface area is 173 Å². The Morgan fingerprint density at radius 1 is 1.10 bits per heavy atom. The third-order valence-electron chi connectivity index (χ3n) is 4.93. The molecule has 0 bridgehead atoms. The Kier molecular flexibility index (Phi) is 5.39. The van der Waals surface area contributed by atoms with Gasteiger partial charge in [-0.25, -0.2) is 9.37 Å². The van der Waals surface area contributed by atoms with Crippen LogP contribution in [0.5, 0.6) is 0 Å². The average Bonchev–Trinajstić information content (AvgIpc) is 3.10. The fourth-order valence-electron chi connectivity index (χ4n) is 3.28. The van der Waals surface area contributed by atoms with Crippen LogP contribution in [0.25, 0.3) is 17.6 Å². The smallest absolute Gasteiger partial charge is 0.255 e. The second-order valence-corrected chi connectivity index (χ2v) is 6.92. The van der Waals surface area contributed by atoms with Gasteiger partial charge in [-0.3, -0.25) is 9.78 Å². The molecule has 0 aliphatic carbocycles. The molecule has 6 heteroatoms. The van der Waals surface area contributed by atoms with Crippen LogP contribution < -0.4 is 5.32 Å². The minimum Gasteiger partial charge on any atom is -0.321 e. The molecule has 4 rings (SSSR count). The number of nitrogens with one attached hydrogen (secondary N) is 1. The van der Waals surface area contributed by atoms with E-state index in [4.69, 9.17) is 0 Å². The van der Waals surface area contributed by atoms with E-state index < -0.39 is 5.83 Å². The standard InChI is InChI=1S/C24H21FN4O/c1-3-22-16(2)29-15-20(11-12-23(29)28-22)27-24(30)18-9-7-17(8-10-18)21(25)14-19-6-4-5-13-26-19/h4-15H,3H2,1-2H3,(H,27,30)/b21-14+. The normalized spacial score (nSPS) is 11.6. The van der Waals surface area contributed by atoms with Gasteiger partial charge >= 0.3 is 0 Å². The van der Waals surface area contributed by atoms with Crippen LogP contribution in [-0.4, -0.2) is 20.3 Å². The highest BCUT2D eigenvalue weighted by atomic mass is 19.1. The summed E-state index contributed by atoms with van der Waals surface area (Å²) in [6.45, 7) is 4.08. The number of halogens is 1. The van der Waals surface area contributed by atoms with Crippen LogP contribution in [0.1, 0.15) is 39.9 Å². The van der Waals surface area contributed by atoms with Crippen molar-refractivity contribution in [3.8, 4) is 0 Å². The Balaban J connectivity index is 1.51. The topological polar surface area (TPSA) is 59.3 Å². The molecule has 30 heavy (non-hydrogen) atoms. The number of nitrogens with zero attached hydrogens (tertiary/aromatic N) is 3. The fourth-order valence-corrected chi connectivity index (χ4v) is 3.28. The lowest BCUT2D eigenvalue weighted by Gasteiger charge is -2.07. The quantitative estimate of drug-likeness (QED) is 0.493. The van der Waals surface area contributed by atoms with E-state index in [0.29, 0.717) is 22.5 Å². The number of pyridine rings is 2. The van der Waals surface area contributed by atoms with Crippen molar-refractivity contribution in [1.82, 2.24) is 14.4 Å². The Hall–Kier alpha value is -3.80. The number of benzene rings is 1. The maximum atomic E-state index is 14.4. The summed E-state index contributed by atoms with van der Waals surface area (Å²) in [5, 5.41) is 2.89. The number of hydrogen-bond donors (Lipinski definition) is 1. The number of hydrogen-bond acceptors (Lipinski definition) is 3. The van der Waals surface area contributed by atoms with Gasteiger partial charge in [0.05, 0.1) is 17.1 Å². The molecule has 1 aromatic carbocycles. The van der Waals surface area contributed by atoms with Crippen LogP contribution in [-0.2, 0) is 6.42 Å². The SMILES string of the molecule is CCc1nc2ccc(NC(=O)c3ccc(/C(F)=C\c4ccccn4)cc3)cn2c1C. The van der Waals surface area contributed by atoms with Gasteiger partial charge in [-0.05, 0) is 49.7 Å². The van der Waals surface area contributed by atoms with Gasteiger partial charge in [0.25, 0.3) is 5.91 Å². The van der Waals surface area contributed by atoms with Crippen molar-refractivity contribution in [3.05, 3.63) is 95.2 Å². The molecule has 0 spiro atoms. The lowest BCUT2D eigenvalue weighted by atomic mass is 10.1. The highest BCUT2D eigenvalue weighted by Crippen LogP contribution is 2.21. The number of carbonyl (C=O) groups is 1. The molecule has 4 aromatic rings. The predicted octanol–water partition coefficient (Wildman–Crippen LogP) is 5.32. The van der Waals surface area contributed by atoms with Crippen molar-refractivity contribution in [2.24, 2.45) is 0 Å². The first kappa shape index (κ1) is 19.5. The van der Waals surface area contributed by atoms with E-state index in [2.05, 4.69) is 22.2 Å². The molecule has 5 nitrogen and oxygen atoms in total. The highest BCUT2D eigenvalue weighted by Gasteiger charge is 2.10.